The Hall–Kier alpha value is -2.38. The zero-order valence-electron chi connectivity index (χ0n) is 15.2. The molecule has 27 heavy (non-hydrogen) atoms. The zero-order chi connectivity index (χ0) is 19.8. The Labute approximate surface area is 167 Å². The highest BCUT2D eigenvalue weighted by Crippen LogP contribution is 2.29. The largest absolute Gasteiger partial charge is 0.451 e. The third-order valence-electron chi connectivity index (χ3n) is 3.71. The van der Waals surface area contributed by atoms with Gasteiger partial charge < -0.3 is 15.0 Å². The van der Waals surface area contributed by atoms with Crippen molar-refractivity contribution in [2.75, 3.05) is 26.2 Å². The summed E-state index contributed by atoms with van der Waals surface area (Å²) in [6.07, 6.45) is 0. The van der Waals surface area contributed by atoms with E-state index in [1.165, 1.54) is 16.2 Å². The molecule has 2 aromatic rings. The molecule has 2 amide bonds. The van der Waals surface area contributed by atoms with Crippen LogP contribution in [0.2, 0.25) is 5.02 Å². The quantitative estimate of drug-likeness (QED) is 0.680. The first kappa shape index (κ1) is 20.9. The molecule has 0 saturated carbocycles. The minimum Gasteiger partial charge on any atom is -0.451 e. The van der Waals surface area contributed by atoms with Gasteiger partial charge in [-0.3, -0.25) is 9.59 Å². The van der Waals surface area contributed by atoms with Crippen LogP contribution in [-0.2, 0) is 14.3 Å². The maximum absolute atomic E-state index is 12.2. The van der Waals surface area contributed by atoms with Gasteiger partial charge in [-0.25, -0.2) is 4.79 Å². The van der Waals surface area contributed by atoms with E-state index in [9.17, 15) is 14.4 Å². The number of likely N-dealkylation sites (N-methyl/N-ethyl adjacent to an activating group) is 2. The number of rotatable bonds is 8. The number of hydrogen-bond acceptors (Lipinski definition) is 5. The van der Waals surface area contributed by atoms with Crippen LogP contribution in [-0.4, -0.2) is 48.9 Å². The molecule has 144 valence electrons. The highest BCUT2D eigenvalue weighted by molar-refractivity contribution is 7.17. The highest BCUT2D eigenvalue weighted by atomic mass is 35.5. The predicted octanol–water partition coefficient (Wildman–Crippen LogP) is 3.21. The van der Waals surface area contributed by atoms with Gasteiger partial charge in [0.05, 0.1) is 6.54 Å². The predicted molar refractivity (Wildman–Crippen MR) is 106 cm³/mol. The molecule has 0 saturated heterocycles. The van der Waals surface area contributed by atoms with E-state index in [1.54, 1.807) is 32.0 Å². The minimum atomic E-state index is -0.567. The summed E-state index contributed by atoms with van der Waals surface area (Å²) >= 11 is 7.16. The molecule has 8 heteroatoms. The molecule has 0 radical (unpaired) electrons. The van der Waals surface area contributed by atoms with Gasteiger partial charge in [0.15, 0.2) is 6.61 Å². The first-order chi connectivity index (χ1) is 12.9. The summed E-state index contributed by atoms with van der Waals surface area (Å²) < 4.78 is 5.11. The Kier molecular flexibility index (Phi) is 7.82. The summed E-state index contributed by atoms with van der Waals surface area (Å²) in [4.78, 5) is 38.6. The molecule has 1 heterocycles. The molecule has 1 N–H and O–H groups in total. The number of esters is 1. The molecular weight excluding hydrogens is 388 g/mol. The van der Waals surface area contributed by atoms with Crippen molar-refractivity contribution >= 4 is 40.7 Å². The Morgan fingerprint density at radius 3 is 2.44 bits per heavy atom. The first-order valence-electron chi connectivity index (χ1n) is 8.52. The molecule has 0 aliphatic rings. The normalized spacial score (nSPS) is 10.3. The molecule has 1 aromatic carbocycles. The van der Waals surface area contributed by atoms with E-state index in [1.807, 2.05) is 18.2 Å². The molecule has 0 aliphatic carbocycles. The van der Waals surface area contributed by atoms with Crippen LogP contribution >= 0.6 is 22.9 Å². The van der Waals surface area contributed by atoms with Crippen molar-refractivity contribution in [3.63, 3.8) is 0 Å². The summed E-state index contributed by atoms with van der Waals surface area (Å²) in [7, 11) is 0. The summed E-state index contributed by atoms with van der Waals surface area (Å²) in [6, 6.07) is 10.8. The van der Waals surface area contributed by atoms with E-state index >= 15 is 0 Å². The molecule has 0 atom stereocenters. The van der Waals surface area contributed by atoms with Gasteiger partial charge in [-0.2, -0.15) is 0 Å². The van der Waals surface area contributed by atoms with Crippen molar-refractivity contribution in [1.82, 2.24) is 10.2 Å². The van der Waals surface area contributed by atoms with Crippen molar-refractivity contribution in [2.24, 2.45) is 0 Å². The number of nitrogens with zero attached hydrogens (tertiary/aromatic N) is 1. The fraction of sp³-hybridized carbons (Fsp3) is 0.316. The van der Waals surface area contributed by atoms with Gasteiger partial charge in [0, 0.05) is 23.0 Å². The zero-order valence-corrected chi connectivity index (χ0v) is 16.7. The number of carbonyl (C=O) groups is 3. The summed E-state index contributed by atoms with van der Waals surface area (Å²) in [6.45, 7) is 3.95. The number of carbonyl (C=O) groups excluding carboxylic acids is 3. The Bertz CT molecular complexity index is 804. The van der Waals surface area contributed by atoms with Crippen LogP contribution in [0.5, 0.6) is 0 Å². The molecule has 0 bridgehead atoms. The van der Waals surface area contributed by atoms with Gasteiger partial charge in [0.25, 0.3) is 5.91 Å². The lowest BCUT2D eigenvalue weighted by molar-refractivity contribution is -0.138. The molecule has 6 nitrogen and oxygen atoms in total. The lowest BCUT2D eigenvalue weighted by atomic mass is 10.2. The number of nitrogens with one attached hydrogen (secondary N) is 1. The minimum absolute atomic E-state index is 0.0551. The topological polar surface area (TPSA) is 75.7 Å². The van der Waals surface area contributed by atoms with E-state index in [0.717, 1.165) is 10.4 Å². The summed E-state index contributed by atoms with van der Waals surface area (Å²) in [5.41, 5.74) is 0.943. The highest BCUT2D eigenvalue weighted by Gasteiger charge is 2.18. The Balaban J connectivity index is 1.92. The van der Waals surface area contributed by atoms with Gasteiger partial charge in [0.2, 0.25) is 5.91 Å². The molecule has 1 aromatic heterocycles. The second-order valence-electron chi connectivity index (χ2n) is 5.61. The molecule has 2 rings (SSSR count). The monoisotopic (exact) mass is 408 g/mol. The average Bonchev–Trinajstić information content (AvgIpc) is 3.15. The summed E-state index contributed by atoms with van der Waals surface area (Å²) in [5.74, 6) is -1.22. The van der Waals surface area contributed by atoms with Crippen molar-refractivity contribution in [2.45, 2.75) is 13.8 Å². The van der Waals surface area contributed by atoms with Crippen molar-refractivity contribution in [3.05, 3.63) is 46.3 Å². The second kappa shape index (κ2) is 10.1. The second-order valence-corrected chi connectivity index (χ2v) is 7.13. The maximum Gasteiger partial charge on any atom is 0.348 e. The molecule has 0 aliphatic heterocycles. The van der Waals surface area contributed by atoms with E-state index in [0.29, 0.717) is 23.0 Å². The Morgan fingerprint density at radius 1 is 1.11 bits per heavy atom. The summed E-state index contributed by atoms with van der Waals surface area (Å²) in [5, 5.41) is 3.27. The molecule has 0 unspecified atom stereocenters. The van der Waals surface area contributed by atoms with Crippen molar-refractivity contribution < 1.29 is 19.1 Å². The number of benzene rings is 1. The third kappa shape index (κ3) is 6.08. The van der Waals surface area contributed by atoms with Gasteiger partial charge >= 0.3 is 5.97 Å². The number of halogens is 1. The van der Waals surface area contributed by atoms with Gasteiger partial charge in [-0.05, 0) is 43.7 Å². The van der Waals surface area contributed by atoms with E-state index in [4.69, 9.17) is 16.3 Å². The van der Waals surface area contributed by atoms with Crippen LogP contribution in [0.4, 0.5) is 0 Å². The SMILES string of the molecule is CCNC(=O)CN(CC)C(=O)COC(=O)c1ccc(-c2ccc(Cl)cc2)s1. The van der Waals surface area contributed by atoms with Crippen LogP contribution in [0, 0.1) is 0 Å². The lowest BCUT2D eigenvalue weighted by Crippen LogP contribution is -2.42. The fourth-order valence-corrected chi connectivity index (χ4v) is 3.34. The van der Waals surface area contributed by atoms with Gasteiger partial charge in [0.1, 0.15) is 4.88 Å². The van der Waals surface area contributed by atoms with Crippen LogP contribution in [0.15, 0.2) is 36.4 Å². The smallest absolute Gasteiger partial charge is 0.348 e. The fourth-order valence-electron chi connectivity index (χ4n) is 2.31. The van der Waals surface area contributed by atoms with Crippen LogP contribution in [0.1, 0.15) is 23.5 Å². The standard InChI is InChI=1S/C19H21ClN2O4S/c1-3-21-17(23)11-22(4-2)18(24)12-26-19(25)16-10-9-15(27-16)13-5-7-14(20)8-6-13/h5-10H,3-4,11-12H2,1-2H3,(H,21,23). The van der Waals surface area contributed by atoms with E-state index < -0.39 is 18.5 Å². The lowest BCUT2D eigenvalue weighted by Gasteiger charge is -2.19. The molecule has 0 fully saturated rings. The van der Waals surface area contributed by atoms with E-state index in [2.05, 4.69) is 5.32 Å². The average molecular weight is 409 g/mol. The van der Waals surface area contributed by atoms with Crippen molar-refractivity contribution in [3.8, 4) is 10.4 Å². The molecular formula is C19H21ClN2O4S. The van der Waals surface area contributed by atoms with Crippen LogP contribution in [0.3, 0.4) is 0 Å². The Morgan fingerprint density at radius 2 is 1.81 bits per heavy atom. The van der Waals surface area contributed by atoms with E-state index in [-0.39, 0.29) is 12.5 Å². The maximum atomic E-state index is 12.2. The number of hydrogen-bond donors (Lipinski definition) is 1. The van der Waals surface area contributed by atoms with Crippen molar-refractivity contribution in [1.29, 1.82) is 0 Å². The number of amides is 2. The first-order valence-corrected chi connectivity index (χ1v) is 9.71. The van der Waals surface area contributed by atoms with Gasteiger partial charge in [-0.15, -0.1) is 11.3 Å². The number of ether oxygens (including phenoxy) is 1. The molecule has 0 spiro atoms. The third-order valence-corrected chi connectivity index (χ3v) is 5.07. The van der Waals surface area contributed by atoms with Crippen LogP contribution in [0.25, 0.3) is 10.4 Å². The van der Waals surface area contributed by atoms with Crippen LogP contribution < -0.4 is 5.32 Å². The number of thiophene rings is 1. The van der Waals surface area contributed by atoms with Gasteiger partial charge in [-0.1, -0.05) is 23.7 Å².